The highest BCUT2D eigenvalue weighted by atomic mass is 31.2. The molecule has 0 aliphatic rings. The Hall–Kier alpha value is -1.96. The zero-order chi connectivity index (χ0) is 23.1. The second kappa shape index (κ2) is 14.9. The van der Waals surface area contributed by atoms with Gasteiger partial charge in [0.2, 0.25) is 6.03 Å². The van der Waals surface area contributed by atoms with E-state index in [1.807, 2.05) is 0 Å². The van der Waals surface area contributed by atoms with Crippen LogP contribution in [0.25, 0.3) is 0 Å². The molecule has 31 heavy (non-hydrogen) atoms. The molecule has 1 atom stereocenters. The second-order valence-electron chi connectivity index (χ2n) is 6.52. The topological polar surface area (TPSA) is 84.9 Å². The second-order valence-corrected chi connectivity index (χ2v) is 8.90. The van der Waals surface area contributed by atoms with Crippen LogP contribution in [0, 0.1) is 11.6 Å². The van der Waals surface area contributed by atoms with Crippen molar-refractivity contribution in [3.63, 3.8) is 0 Å². The van der Waals surface area contributed by atoms with E-state index >= 15 is 0 Å². The van der Waals surface area contributed by atoms with Crippen molar-refractivity contribution >= 4 is 13.7 Å². The Morgan fingerprint density at radius 3 is 2.00 bits per heavy atom. The minimum absolute atomic E-state index is 0.133. The first-order valence-corrected chi connectivity index (χ1v) is 11.9. The molecule has 0 amide bonds. The number of benzene rings is 2. The molecule has 6 nitrogen and oxygen atoms in total. The summed E-state index contributed by atoms with van der Waals surface area (Å²) in [5.74, 6) is -0.580. The van der Waals surface area contributed by atoms with Crippen molar-refractivity contribution in [2.45, 2.75) is 32.8 Å². The molecule has 2 rings (SSSR count). The first-order valence-electron chi connectivity index (χ1n) is 10.0. The molecule has 0 aliphatic carbocycles. The highest BCUT2D eigenvalue weighted by molar-refractivity contribution is 7.58. The van der Waals surface area contributed by atoms with Gasteiger partial charge in [-0.05, 0) is 68.8 Å². The fourth-order valence-corrected chi connectivity index (χ4v) is 4.06. The number of nitrogens with one attached hydrogen (secondary N) is 1. The summed E-state index contributed by atoms with van der Waals surface area (Å²) in [5.41, 5.74) is 1.46. The molecule has 1 unspecified atom stereocenters. The Kier molecular flexibility index (Phi) is 13.1. The monoisotopic (exact) mass is 457 g/mol. The lowest BCUT2D eigenvalue weighted by atomic mass is 10.2. The van der Waals surface area contributed by atoms with Gasteiger partial charge in [-0.1, -0.05) is 12.1 Å². The zero-order valence-electron chi connectivity index (χ0n) is 17.8. The number of rotatable bonds is 12. The van der Waals surface area contributed by atoms with Crippen molar-refractivity contribution in [2.75, 3.05) is 25.9 Å². The molecule has 0 saturated heterocycles. The minimum atomic E-state index is -3.49. The van der Waals surface area contributed by atoms with Gasteiger partial charge in [-0.25, -0.2) is 8.78 Å². The number of hydrogen-bond donors (Lipinski definition) is 2. The lowest BCUT2D eigenvalue weighted by Crippen LogP contribution is -2.21. The van der Waals surface area contributed by atoms with Crippen LogP contribution in [-0.4, -0.2) is 43.1 Å². The van der Waals surface area contributed by atoms with Gasteiger partial charge >= 0.3 is 0 Å². The van der Waals surface area contributed by atoms with Crippen LogP contribution in [0.1, 0.15) is 36.2 Å². The van der Waals surface area contributed by atoms with Crippen molar-refractivity contribution in [2.24, 2.45) is 0 Å². The molecule has 2 aromatic carbocycles. The van der Waals surface area contributed by atoms with E-state index in [-0.39, 0.29) is 17.8 Å². The van der Waals surface area contributed by atoms with Gasteiger partial charge in [-0.2, -0.15) is 0 Å². The largest absolute Gasteiger partial charge is 0.345 e. The number of ether oxygens (including phenoxy) is 2. The average molecular weight is 457 g/mol. The van der Waals surface area contributed by atoms with E-state index < -0.39 is 13.4 Å². The molecule has 0 radical (unpaired) electrons. The van der Waals surface area contributed by atoms with Crippen molar-refractivity contribution < 1.29 is 32.5 Å². The minimum Gasteiger partial charge on any atom is -0.345 e. The maximum atomic E-state index is 12.8. The van der Waals surface area contributed by atoms with Gasteiger partial charge in [0.05, 0.1) is 0 Å². The first-order chi connectivity index (χ1) is 14.8. The van der Waals surface area contributed by atoms with Crippen molar-refractivity contribution in [3.8, 4) is 0 Å². The molecular weight excluding hydrogens is 427 g/mol. The molecule has 0 fully saturated rings. The average Bonchev–Trinajstić information content (AvgIpc) is 2.75. The molecule has 0 aliphatic heterocycles. The summed E-state index contributed by atoms with van der Waals surface area (Å²) in [6.07, 6.45) is 1.35. The molecule has 2 N–H and O–H groups in total. The van der Waals surface area contributed by atoms with Gasteiger partial charge in [0.15, 0.2) is 0 Å². The van der Waals surface area contributed by atoms with E-state index in [0.29, 0.717) is 44.6 Å². The Morgan fingerprint density at radius 2 is 1.52 bits per heavy atom. The highest BCUT2D eigenvalue weighted by Gasteiger charge is 2.31. The van der Waals surface area contributed by atoms with Crippen LogP contribution < -0.4 is 5.32 Å². The SMILES string of the molecule is CCOC(OCC)P(=O)(O)CCCNCc1ccc(F)cc1.O=Cc1ccc(F)cc1. The maximum absolute atomic E-state index is 12.8. The number of carbonyl (C=O) groups is 1. The Labute approximate surface area is 182 Å². The lowest BCUT2D eigenvalue weighted by molar-refractivity contribution is -0.0871. The molecule has 0 aromatic heterocycles. The van der Waals surface area contributed by atoms with E-state index in [2.05, 4.69) is 5.32 Å². The van der Waals surface area contributed by atoms with Crippen molar-refractivity contribution in [1.29, 1.82) is 0 Å². The van der Waals surface area contributed by atoms with Gasteiger partial charge in [0.25, 0.3) is 7.37 Å². The number of halogens is 2. The van der Waals surface area contributed by atoms with Crippen LogP contribution >= 0.6 is 7.37 Å². The normalized spacial score (nSPS) is 12.7. The summed E-state index contributed by atoms with van der Waals surface area (Å²) in [7, 11) is -3.49. The predicted octanol–water partition coefficient (Wildman–Crippen LogP) is 4.57. The first kappa shape index (κ1) is 27.1. The van der Waals surface area contributed by atoms with Crippen molar-refractivity contribution in [3.05, 3.63) is 71.3 Å². The van der Waals surface area contributed by atoms with Crippen LogP contribution in [0.15, 0.2) is 48.5 Å². The standard InChI is InChI=1S/C15H25FNO4P.C7H5FO/c1-3-20-15(21-4-2)22(18,19)11-5-10-17-12-13-6-8-14(16)9-7-13;8-7-3-1-6(5-9)2-4-7/h6-9,15,17H,3-5,10-12H2,1-2H3,(H,18,19);1-5H. The molecule has 172 valence electrons. The smallest absolute Gasteiger partial charge is 0.255 e. The summed E-state index contributed by atoms with van der Waals surface area (Å²) in [6, 6.07) is 10.6. The fourth-order valence-electron chi connectivity index (χ4n) is 2.48. The van der Waals surface area contributed by atoms with E-state index in [9.17, 15) is 23.0 Å². The predicted molar refractivity (Wildman–Crippen MR) is 116 cm³/mol. The summed E-state index contributed by atoms with van der Waals surface area (Å²) >= 11 is 0. The van der Waals surface area contributed by atoms with Gasteiger partial charge in [0, 0.05) is 31.5 Å². The number of carbonyl (C=O) groups excluding carboxylic acids is 1. The quantitative estimate of drug-likeness (QED) is 0.210. The fraction of sp³-hybridized carbons (Fsp3) is 0.409. The van der Waals surface area contributed by atoms with Crippen LogP contribution in [-0.2, 0) is 20.6 Å². The number of hydrogen-bond acceptors (Lipinski definition) is 5. The number of aldehydes is 1. The van der Waals surface area contributed by atoms with E-state index in [1.165, 1.54) is 36.4 Å². The Balaban J connectivity index is 0.000000442. The maximum Gasteiger partial charge on any atom is 0.255 e. The van der Waals surface area contributed by atoms with Gasteiger partial charge < -0.3 is 19.7 Å². The third-order valence-electron chi connectivity index (χ3n) is 4.03. The van der Waals surface area contributed by atoms with Gasteiger partial charge in [-0.3, -0.25) is 9.36 Å². The van der Waals surface area contributed by atoms with E-state index in [0.717, 1.165) is 5.56 Å². The summed E-state index contributed by atoms with van der Waals surface area (Å²) in [4.78, 5) is 20.0. The van der Waals surface area contributed by atoms with Crippen LogP contribution in [0.5, 0.6) is 0 Å². The van der Waals surface area contributed by atoms with Crippen LogP contribution in [0.4, 0.5) is 8.78 Å². The molecule has 0 saturated carbocycles. The molecule has 9 heteroatoms. The van der Waals surface area contributed by atoms with Gasteiger partial charge in [-0.15, -0.1) is 0 Å². The molecule has 0 spiro atoms. The summed E-state index contributed by atoms with van der Waals surface area (Å²) in [5, 5.41) is 3.16. The third kappa shape index (κ3) is 11.3. The molecule has 0 bridgehead atoms. The summed E-state index contributed by atoms with van der Waals surface area (Å²) in [6.45, 7) is 5.37. The van der Waals surface area contributed by atoms with E-state index in [4.69, 9.17) is 9.47 Å². The Morgan fingerprint density at radius 1 is 1.00 bits per heavy atom. The lowest BCUT2D eigenvalue weighted by Gasteiger charge is -2.22. The highest BCUT2D eigenvalue weighted by Crippen LogP contribution is 2.47. The third-order valence-corrected chi connectivity index (χ3v) is 5.94. The molecule has 0 heterocycles. The van der Waals surface area contributed by atoms with Crippen LogP contribution in [0.2, 0.25) is 0 Å². The van der Waals surface area contributed by atoms with Crippen molar-refractivity contribution in [1.82, 2.24) is 5.32 Å². The summed E-state index contributed by atoms with van der Waals surface area (Å²) < 4.78 is 47.5. The van der Waals surface area contributed by atoms with Crippen LogP contribution in [0.3, 0.4) is 0 Å². The van der Waals surface area contributed by atoms with Gasteiger partial charge in [0.1, 0.15) is 17.9 Å². The molecule has 2 aromatic rings. The van der Waals surface area contributed by atoms with E-state index in [1.54, 1.807) is 26.0 Å². The zero-order valence-corrected chi connectivity index (χ0v) is 18.7. The Bertz CT molecular complexity index is 797. The molecular formula is C22H30F2NO5P.